The minimum absolute atomic E-state index is 0.0187. The van der Waals surface area contributed by atoms with Crippen LogP contribution < -0.4 is 10.6 Å². The number of esters is 3. The third kappa shape index (κ3) is 3.45. The van der Waals surface area contributed by atoms with Crippen LogP contribution in [0.2, 0.25) is 0 Å². The van der Waals surface area contributed by atoms with Gasteiger partial charge in [0, 0.05) is 17.8 Å². The third-order valence-corrected chi connectivity index (χ3v) is 5.19. The molecule has 0 aliphatic carbocycles. The van der Waals surface area contributed by atoms with Crippen molar-refractivity contribution in [2.75, 3.05) is 18.1 Å². The number of para-hydroxylation sites is 1. The monoisotopic (exact) mass is 440 g/mol. The maximum atomic E-state index is 13.5. The molecule has 0 fully saturated rings. The number of anilines is 1. The minimum atomic E-state index is -1.92. The summed E-state index contributed by atoms with van der Waals surface area (Å²) >= 11 is 0. The summed E-state index contributed by atoms with van der Waals surface area (Å²) in [7, 11) is 0. The lowest BCUT2D eigenvalue weighted by Crippen LogP contribution is -2.51. The fourth-order valence-electron chi connectivity index (χ4n) is 4.13. The molecule has 2 aliphatic heterocycles. The Balaban J connectivity index is 2.42. The first-order chi connectivity index (χ1) is 15.0. The summed E-state index contributed by atoms with van der Waals surface area (Å²) in [5.74, 6) is -2.38. The first-order valence-electron chi connectivity index (χ1n) is 10.3. The second kappa shape index (κ2) is 8.18. The van der Waals surface area contributed by atoms with Gasteiger partial charge in [0.2, 0.25) is 0 Å². The van der Waals surface area contributed by atoms with E-state index in [9.17, 15) is 14.4 Å². The Hall–Kier alpha value is -3.55. The average molecular weight is 440 g/mol. The molecule has 8 nitrogen and oxygen atoms in total. The van der Waals surface area contributed by atoms with E-state index in [4.69, 9.17) is 19.9 Å². The van der Waals surface area contributed by atoms with Crippen LogP contribution in [0.15, 0.2) is 59.6 Å². The molecule has 0 radical (unpaired) electrons. The average Bonchev–Trinajstić information content (AvgIpc) is 2.94. The van der Waals surface area contributed by atoms with E-state index in [2.05, 4.69) is 6.58 Å². The maximum Gasteiger partial charge on any atom is 0.339 e. The summed E-state index contributed by atoms with van der Waals surface area (Å²) in [6.45, 7) is 12.3. The van der Waals surface area contributed by atoms with Crippen molar-refractivity contribution in [3.05, 3.63) is 65.2 Å². The largest absolute Gasteiger partial charge is 0.462 e. The maximum absolute atomic E-state index is 13.5. The number of cyclic esters (lactones) is 1. The van der Waals surface area contributed by atoms with E-state index in [1.807, 2.05) is 0 Å². The first kappa shape index (κ1) is 23.1. The second-order valence-corrected chi connectivity index (χ2v) is 8.47. The molecule has 1 spiro atoms. The van der Waals surface area contributed by atoms with E-state index >= 15 is 0 Å². The number of carbonyl (C=O) groups excluding carboxylic acids is 3. The van der Waals surface area contributed by atoms with Gasteiger partial charge in [-0.1, -0.05) is 24.3 Å². The van der Waals surface area contributed by atoms with E-state index in [1.54, 1.807) is 62.9 Å². The van der Waals surface area contributed by atoms with E-state index in [0.717, 1.165) is 0 Å². The molecule has 2 heterocycles. The van der Waals surface area contributed by atoms with Gasteiger partial charge in [-0.25, -0.2) is 14.4 Å². The van der Waals surface area contributed by atoms with Crippen LogP contribution >= 0.6 is 0 Å². The standard InChI is InChI=1S/C24H28N2O6/c1-7-13-26-16-12-10-9-11-15(16)24(18(19(26)25)20(27)30-8-2)17(14(3)31-22(24)29)21(28)32-23(4,5)6/h7,9-12H,1,8,13,25H2,2-6H3/t24-/m1/s1. The predicted molar refractivity (Wildman–Crippen MR) is 118 cm³/mol. The van der Waals surface area contributed by atoms with Crippen LogP contribution in [0.5, 0.6) is 0 Å². The zero-order valence-electron chi connectivity index (χ0n) is 19.0. The van der Waals surface area contributed by atoms with E-state index < -0.39 is 28.9 Å². The highest BCUT2D eigenvalue weighted by atomic mass is 16.6. The number of ether oxygens (including phenoxy) is 3. The van der Waals surface area contributed by atoms with Gasteiger partial charge in [0.05, 0.1) is 6.61 Å². The molecule has 0 aromatic heterocycles. The molecular weight excluding hydrogens is 412 g/mol. The van der Waals surface area contributed by atoms with Gasteiger partial charge in [-0.3, -0.25) is 0 Å². The lowest BCUT2D eigenvalue weighted by atomic mass is 9.66. The molecule has 0 saturated heterocycles. The first-order valence-corrected chi connectivity index (χ1v) is 10.3. The molecule has 2 aliphatic rings. The van der Waals surface area contributed by atoms with Gasteiger partial charge in [-0.15, -0.1) is 6.58 Å². The van der Waals surface area contributed by atoms with Gasteiger partial charge in [-0.2, -0.15) is 0 Å². The fourth-order valence-corrected chi connectivity index (χ4v) is 4.13. The molecule has 0 saturated carbocycles. The fraction of sp³-hybridized carbons (Fsp3) is 0.375. The number of nitrogens with zero attached hydrogens (tertiary/aromatic N) is 1. The number of allylic oxidation sites excluding steroid dienone is 1. The normalized spacial score (nSPS) is 20.3. The Morgan fingerprint density at radius 3 is 2.47 bits per heavy atom. The van der Waals surface area contributed by atoms with Gasteiger partial charge >= 0.3 is 17.9 Å². The summed E-state index contributed by atoms with van der Waals surface area (Å²) in [5.41, 5.74) is 4.37. The lowest BCUT2D eigenvalue weighted by Gasteiger charge is -2.41. The number of carbonyl (C=O) groups is 3. The van der Waals surface area contributed by atoms with Crippen LogP contribution in [0.25, 0.3) is 0 Å². The van der Waals surface area contributed by atoms with Gasteiger partial charge < -0.3 is 24.8 Å². The molecule has 3 rings (SSSR count). The van der Waals surface area contributed by atoms with Crippen molar-refractivity contribution in [1.29, 1.82) is 0 Å². The number of hydrogen-bond donors (Lipinski definition) is 1. The predicted octanol–water partition coefficient (Wildman–Crippen LogP) is 2.84. The van der Waals surface area contributed by atoms with Gasteiger partial charge in [0.15, 0.2) is 5.41 Å². The van der Waals surface area contributed by atoms with Crippen molar-refractivity contribution >= 4 is 23.6 Å². The number of hydrogen-bond acceptors (Lipinski definition) is 8. The van der Waals surface area contributed by atoms with Crippen molar-refractivity contribution < 1.29 is 28.6 Å². The zero-order chi connectivity index (χ0) is 23.8. The van der Waals surface area contributed by atoms with Crippen molar-refractivity contribution in [1.82, 2.24) is 0 Å². The summed E-state index contributed by atoms with van der Waals surface area (Å²) in [6, 6.07) is 6.91. The minimum Gasteiger partial charge on any atom is -0.462 e. The van der Waals surface area contributed by atoms with Crippen molar-refractivity contribution in [3.63, 3.8) is 0 Å². The molecular formula is C24H28N2O6. The molecule has 32 heavy (non-hydrogen) atoms. The number of fused-ring (bicyclic) bond motifs is 2. The van der Waals surface area contributed by atoms with Crippen LogP contribution in [0, 0.1) is 0 Å². The quantitative estimate of drug-likeness (QED) is 0.423. The number of benzene rings is 1. The highest BCUT2D eigenvalue weighted by Gasteiger charge is 2.63. The lowest BCUT2D eigenvalue weighted by molar-refractivity contribution is -0.152. The summed E-state index contributed by atoms with van der Waals surface area (Å²) < 4.78 is 16.4. The van der Waals surface area contributed by atoms with E-state index in [-0.39, 0.29) is 35.9 Å². The summed E-state index contributed by atoms with van der Waals surface area (Å²) in [4.78, 5) is 41.8. The molecule has 0 unspecified atom stereocenters. The van der Waals surface area contributed by atoms with Gasteiger partial charge in [-0.05, 0) is 40.7 Å². The van der Waals surface area contributed by atoms with Crippen LogP contribution in [0.3, 0.4) is 0 Å². The van der Waals surface area contributed by atoms with Gasteiger partial charge in [0.1, 0.15) is 28.3 Å². The third-order valence-electron chi connectivity index (χ3n) is 5.19. The SMILES string of the molecule is C=CCN1C(N)=C(C(=O)OCC)[C@@]2(C(=O)OC(C)=C2C(=O)OC(C)(C)C)c2ccccc21. The van der Waals surface area contributed by atoms with Crippen LogP contribution in [-0.2, 0) is 34.0 Å². The van der Waals surface area contributed by atoms with Crippen molar-refractivity contribution in [2.45, 2.75) is 45.6 Å². The van der Waals surface area contributed by atoms with Crippen LogP contribution in [-0.4, -0.2) is 36.7 Å². The molecule has 2 N–H and O–H groups in total. The Bertz CT molecular complexity index is 1060. The number of rotatable bonds is 5. The van der Waals surface area contributed by atoms with Gasteiger partial charge in [0.25, 0.3) is 0 Å². The van der Waals surface area contributed by atoms with Crippen molar-refractivity contribution in [3.8, 4) is 0 Å². The van der Waals surface area contributed by atoms with Crippen LogP contribution in [0.1, 0.15) is 40.2 Å². The molecule has 1 atom stereocenters. The smallest absolute Gasteiger partial charge is 0.339 e. The van der Waals surface area contributed by atoms with E-state index in [0.29, 0.717) is 11.3 Å². The van der Waals surface area contributed by atoms with Crippen molar-refractivity contribution in [2.24, 2.45) is 5.73 Å². The molecule has 170 valence electrons. The van der Waals surface area contributed by atoms with E-state index in [1.165, 1.54) is 6.92 Å². The Morgan fingerprint density at radius 2 is 1.88 bits per heavy atom. The molecule has 0 bridgehead atoms. The molecule has 8 heteroatoms. The summed E-state index contributed by atoms with van der Waals surface area (Å²) in [6.07, 6.45) is 1.62. The Kier molecular flexibility index (Phi) is 5.91. The second-order valence-electron chi connectivity index (χ2n) is 8.47. The zero-order valence-corrected chi connectivity index (χ0v) is 19.0. The number of nitrogens with two attached hydrogens (primary N) is 1. The Labute approximate surface area is 187 Å². The Morgan fingerprint density at radius 1 is 1.22 bits per heavy atom. The topological polar surface area (TPSA) is 108 Å². The highest BCUT2D eigenvalue weighted by molar-refractivity contribution is 6.16. The molecule has 1 aromatic carbocycles. The summed E-state index contributed by atoms with van der Waals surface area (Å²) in [5, 5.41) is 0. The van der Waals surface area contributed by atoms with Crippen LogP contribution in [0.4, 0.5) is 5.69 Å². The molecule has 0 amide bonds. The molecule has 1 aromatic rings. The highest BCUT2D eigenvalue weighted by Crippen LogP contribution is 2.54.